The first-order valence-electron chi connectivity index (χ1n) is 6.63. The fourth-order valence-electron chi connectivity index (χ4n) is 2.28. The average Bonchev–Trinajstić information content (AvgIpc) is 2.40. The smallest absolute Gasteiger partial charge is 0.126 e. The summed E-state index contributed by atoms with van der Waals surface area (Å²) in [5.41, 5.74) is 1.57. The lowest BCUT2D eigenvalue weighted by atomic mass is 9.98. The van der Waals surface area contributed by atoms with Crippen molar-refractivity contribution in [3.8, 4) is 0 Å². The largest absolute Gasteiger partial charge is 0.310 e. The van der Waals surface area contributed by atoms with Crippen LogP contribution in [0.25, 0.3) is 0 Å². The van der Waals surface area contributed by atoms with Crippen LogP contribution in [0.15, 0.2) is 40.9 Å². The molecule has 2 aromatic rings. The first kappa shape index (κ1) is 16.4. The molecule has 0 aliphatic heterocycles. The second-order valence-electron chi connectivity index (χ2n) is 4.76. The molecule has 0 bridgehead atoms. The molecule has 0 aromatic heterocycles. The monoisotopic (exact) mass is 373 g/mol. The third kappa shape index (κ3) is 4.50. The highest BCUT2D eigenvalue weighted by molar-refractivity contribution is 9.10. The van der Waals surface area contributed by atoms with Gasteiger partial charge in [0.15, 0.2) is 0 Å². The standard InChI is InChI=1S/C16H15BrClF2N/c1-2-21-16(14-8-11(18)3-4-15(14)17)7-10-5-12(19)9-13(20)6-10/h3-6,8-9,16,21H,2,7H2,1H3. The maximum absolute atomic E-state index is 13.3. The van der Waals surface area contributed by atoms with Gasteiger partial charge in [-0.1, -0.05) is 34.5 Å². The van der Waals surface area contributed by atoms with Crippen molar-refractivity contribution in [2.45, 2.75) is 19.4 Å². The topological polar surface area (TPSA) is 12.0 Å². The number of nitrogens with one attached hydrogen (secondary N) is 1. The van der Waals surface area contributed by atoms with E-state index in [4.69, 9.17) is 11.6 Å². The minimum absolute atomic E-state index is 0.0794. The van der Waals surface area contributed by atoms with Gasteiger partial charge in [-0.05, 0) is 54.4 Å². The molecule has 0 heterocycles. The number of hydrogen-bond acceptors (Lipinski definition) is 1. The van der Waals surface area contributed by atoms with E-state index in [1.165, 1.54) is 12.1 Å². The molecule has 0 aliphatic carbocycles. The van der Waals surface area contributed by atoms with E-state index in [0.29, 0.717) is 17.0 Å². The zero-order valence-electron chi connectivity index (χ0n) is 11.5. The molecular formula is C16H15BrClF2N. The van der Waals surface area contributed by atoms with Crippen molar-refractivity contribution in [2.24, 2.45) is 0 Å². The van der Waals surface area contributed by atoms with Gasteiger partial charge in [0.25, 0.3) is 0 Å². The third-order valence-corrected chi connectivity index (χ3v) is 4.10. The molecule has 1 atom stereocenters. The van der Waals surface area contributed by atoms with Crippen LogP contribution in [0.3, 0.4) is 0 Å². The predicted octanol–water partition coefficient (Wildman–Crippen LogP) is 5.27. The summed E-state index contributed by atoms with van der Waals surface area (Å²) in [5.74, 6) is -1.13. The molecule has 0 saturated carbocycles. The van der Waals surface area contributed by atoms with Gasteiger partial charge in [0.05, 0.1) is 0 Å². The third-order valence-electron chi connectivity index (χ3n) is 3.15. The zero-order valence-corrected chi connectivity index (χ0v) is 13.8. The molecule has 0 fully saturated rings. The van der Waals surface area contributed by atoms with Crippen molar-refractivity contribution in [3.05, 3.63) is 68.7 Å². The summed E-state index contributed by atoms with van der Waals surface area (Å²) in [6.07, 6.45) is 0.474. The van der Waals surface area contributed by atoms with Crippen LogP contribution in [0.1, 0.15) is 24.1 Å². The molecule has 0 amide bonds. The maximum Gasteiger partial charge on any atom is 0.126 e. The van der Waals surface area contributed by atoms with Crippen molar-refractivity contribution in [3.63, 3.8) is 0 Å². The van der Waals surface area contributed by atoms with E-state index in [1.54, 1.807) is 6.07 Å². The first-order chi connectivity index (χ1) is 9.99. The van der Waals surface area contributed by atoms with Gasteiger partial charge in [-0.3, -0.25) is 0 Å². The Labute approximate surface area is 136 Å². The Morgan fingerprint density at radius 2 is 1.81 bits per heavy atom. The zero-order chi connectivity index (χ0) is 15.4. The Morgan fingerprint density at radius 1 is 1.14 bits per heavy atom. The van der Waals surface area contributed by atoms with Crippen LogP contribution >= 0.6 is 27.5 Å². The molecule has 1 unspecified atom stereocenters. The van der Waals surface area contributed by atoms with Gasteiger partial charge in [0.2, 0.25) is 0 Å². The van der Waals surface area contributed by atoms with Gasteiger partial charge in [-0.15, -0.1) is 0 Å². The van der Waals surface area contributed by atoms with E-state index in [2.05, 4.69) is 21.2 Å². The van der Waals surface area contributed by atoms with Crippen LogP contribution < -0.4 is 5.32 Å². The molecule has 0 aliphatic rings. The molecular weight excluding hydrogens is 360 g/mol. The molecule has 1 N–H and O–H groups in total. The van der Waals surface area contributed by atoms with Crippen LogP contribution in [0.4, 0.5) is 8.78 Å². The van der Waals surface area contributed by atoms with Crippen LogP contribution in [0.2, 0.25) is 5.02 Å². The molecule has 0 spiro atoms. The average molecular weight is 375 g/mol. The number of halogens is 4. The fourth-order valence-corrected chi connectivity index (χ4v) is 2.99. The van der Waals surface area contributed by atoms with Crippen LogP contribution in [-0.2, 0) is 6.42 Å². The highest BCUT2D eigenvalue weighted by atomic mass is 79.9. The normalized spacial score (nSPS) is 12.4. The van der Waals surface area contributed by atoms with E-state index < -0.39 is 11.6 Å². The van der Waals surface area contributed by atoms with Gasteiger partial charge < -0.3 is 5.32 Å². The minimum Gasteiger partial charge on any atom is -0.310 e. The predicted molar refractivity (Wildman–Crippen MR) is 85.6 cm³/mol. The van der Waals surface area contributed by atoms with Crippen molar-refractivity contribution < 1.29 is 8.78 Å². The Hall–Kier alpha value is -0.970. The molecule has 1 nitrogen and oxygen atoms in total. The van der Waals surface area contributed by atoms with Gasteiger partial charge in [-0.2, -0.15) is 0 Å². The summed E-state index contributed by atoms with van der Waals surface area (Å²) in [7, 11) is 0. The van der Waals surface area contributed by atoms with Crippen LogP contribution in [-0.4, -0.2) is 6.54 Å². The highest BCUT2D eigenvalue weighted by Gasteiger charge is 2.16. The van der Waals surface area contributed by atoms with Crippen molar-refractivity contribution in [1.29, 1.82) is 0 Å². The van der Waals surface area contributed by atoms with E-state index in [-0.39, 0.29) is 6.04 Å². The molecule has 0 radical (unpaired) electrons. The summed E-state index contributed by atoms with van der Waals surface area (Å²) in [6.45, 7) is 2.72. The molecule has 0 saturated heterocycles. The Balaban J connectivity index is 2.32. The Morgan fingerprint density at radius 3 is 2.43 bits per heavy atom. The molecule has 5 heteroatoms. The summed E-state index contributed by atoms with van der Waals surface area (Å²) in [6, 6.07) is 9.02. The number of hydrogen-bond donors (Lipinski definition) is 1. The van der Waals surface area contributed by atoms with Crippen LogP contribution in [0.5, 0.6) is 0 Å². The summed E-state index contributed by atoms with van der Waals surface area (Å²) in [5, 5.41) is 3.95. The van der Waals surface area contributed by atoms with E-state index in [9.17, 15) is 8.78 Å². The lowest BCUT2D eigenvalue weighted by Crippen LogP contribution is -2.23. The lowest BCUT2D eigenvalue weighted by Gasteiger charge is -2.20. The van der Waals surface area contributed by atoms with E-state index in [0.717, 1.165) is 22.6 Å². The quantitative estimate of drug-likeness (QED) is 0.751. The van der Waals surface area contributed by atoms with Crippen LogP contribution in [0, 0.1) is 11.6 Å². The first-order valence-corrected chi connectivity index (χ1v) is 7.80. The lowest BCUT2D eigenvalue weighted by molar-refractivity contribution is 0.537. The van der Waals surface area contributed by atoms with Gasteiger partial charge in [0, 0.05) is 21.6 Å². The molecule has 21 heavy (non-hydrogen) atoms. The SMILES string of the molecule is CCNC(Cc1cc(F)cc(F)c1)c1cc(Cl)ccc1Br. The number of likely N-dealkylation sites (N-methyl/N-ethyl adjacent to an activating group) is 1. The Bertz CT molecular complexity index is 613. The Kier molecular flexibility index (Phi) is 5.73. The van der Waals surface area contributed by atoms with Crippen molar-refractivity contribution in [2.75, 3.05) is 6.54 Å². The minimum atomic E-state index is -0.564. The fraction of sp³-hybridized carbons (Fsp3) is 0.250. The van der Waals surface area contributed by atoms with E-state index >= 15 is 0 Å². The second kappa shape index (κ2) is 7.34. The number of benzene rings is 2. The summed E-state index contributed by atoms with van der Waals surface area (Å²) < 4.78 is 27.6. The van der Waals surface area contributed by atoms with Gasteiger partial charge in [0.1, 0.15) is 11.6 Å². The molecule has 2 rings (SSSR count). The van der Waals surface area contributed by atoms with E-state index in [1.807, 2.05) is 19.1 Å². The summed E-state index contributed by atoms with van der Waals surface area (Å²) in [4.78, 5) is 0. The number of rotatable bonds is 5. The van der Waals surface area contributed by atoms with Crippen molar-refractivity contribution in [1.82, 2.24) is 5.32 Å². The van der Waals surface area contributed by atoms with Crippen molar-refractivity contribution >= 4 is 27.5 Å². The highest BCUT2D eigenvalue weighted by Crippen LogP contribution is 2.29. The summed E-state index contributed by atoms with van der Waals surface area (Å²) >= 11 is 9.54. The molecule has 2 aromatic carbocycles. The van der Waals surface area contributed by atoms with Gasteiger partial charge in [-0.25, -0.2) is 8.78 Å². The van der Waals surface area contributed by atoms with Gasteiger partial charge >= 0.3 is 0 Å². The maximum atomic E-state index is 13.3. The second-order valence-corrected chi connectivity index (χ2v) is 6.05. The molecule has 112 valence electrons.